The monoisotopic (exact) mass is 374 g/mol. The number of ketones is 1. The number of aliphatic hydroxyl groups excluding tert-OH is 1. The summed E-state index contributed by atoms with van der Waals surface area (Å²) < 4.78 is 13.9. The predicted octanol–water partition coefficient (Wildman–Crippen LogP) is 3.85. The zero-order valence-corrected chi connectivity index (χ0v) is 14.6. The summed E-state index contributed by atoms with van der Waals surface area (Å²) >= 11 is 0. The lowest BCUT2D eigenvalue weighted by atomic mass is 9.95. The first-order valence-electron chi connectivity index (χ1n) is 8.60. The Labute approximate surface area is 160 Å². The van der Waals surface area contributed by atoms with Gasteiger partial charge in [0.1, 0.15) is 11.6 Å². The fourth-order valence-corrected chi connectivity index (χ4v) is 3.34. The maximum atomic E-state index is 13.9. The highest BCUT2D eigenvalue weighted by atomic mass is 19.1. The van der Waals surface area contributed by atoms with Crippen molar-refractivity contribution in [2.75, 3.05) is 4.90 Å². The first-order valence-corrected chi connectivity index (χ1v) is 8.60. The van der Waals surface area contributed by atoms with Crippen LogP contribution < -0.4 is 4.90 Å². The van der Waals surface area contributed by atoms with Gasteiger partial charge in [0.2, 0.25) is 0 Å². The summed E-state index contributed by atoms with van der Waals surface area (Å²) in [6.45, 7) is 0. The van der Waals surface area contributed by atoms with Gasteiger partial charge in [-0.05, 0) is 29.8 Å². The van der Waals surface area contributed by atoms with E-state index in [-0.39, 0.29) is 11.3 Å². The first kappa shape index (κ1) is 17.6. The van der Waals surface area contributed by atoms with Crippen LogP contribution in [-0.4, -0.2) is 21.8 Å². The van der Waals surface area contributed by atoms with E-state index in [0.717, 1.165) is 0 Å². The normalized spacial score (nSPS) is 18.5. The average molecular weight is 374 g/mol. The third kappa shape index (κ3) is 2.95. The molecule has 2 heterocycles. The fraction of sp³-hybridized carbons (Fsp3) is 0.0455. The smallest absolute Gasteiger partial charge is 0.300 e. The summed E-state index contributed by atoms with van der Waals surface area (Å²) in [7, 11) is 0. The van der Waals surface area contributed by atoms with Crippen molar-refractivity contribution in [1.29, 1.82) is 0 Å². The van der Waals surface area contributed by atoms with E-state index < -0.39 is 23.5 Å². The zero-order valence-electron chi connectivity index (χ0n) is 14.6. The molecule has 0 saturated carbocycles. The number of carbonyl (C=O) groups is 2. The maximum Gasteiger partial charge on any atom is 0.300 e. The maximum absolute atomic E-state index is 13.9. The number of amides is 1. The molecule has 1 aliphatic heterocycles. The summed E-state index contributed by atoms with van der Waals surface area (Å²) in [4.78, 5) is 30.9. The Morgan fingerprint density at radius 2 is 1.79 bits per heavy atom. The van der Waals surface area contributed by atoms with Crippen molar-refractivity contribution >= 4 is 23.1 Å². The molecule has 0 unspecified atom stereocenters. The van der Waals surface area contributed by atoms with E-state index in [2.05, 4.69) is 4.98 Å². The largest absolute Gasteiger partial charge is 0.507 e. The lowest BCUT2D eigenvalue weighted by Crippen LogP contribution is -2.29. The van der Waals surface area contributed by atoms with Crippen LogP contribution in [0, 0.1) is 5.82 Å². The number of nitrogens with zero attached hydrogens (tertiary/aromatic N) is 2. The molecule has 2 aromatic carbocycles. The molecule has 1 aliphatic rings. The van der Waals surface area contributed by atoms with Gasteiger partial charge in [-0.25, -0.2) is 4.39 Å². The number of hydrogen-bond acceptors (Lipinski definition) is 4. The molecule has 28 heavy (non-hydrogen) atoms. The van der Waals surface area contributed by atoms with Crippen LogP contribution in [0.4, 0.5) is 10.1 Å². The highest BCUT2D eigenvalue weighted by molar-refractivity contribution is 6.51. The number of anilines is 1. The van der Waals surface area contributed by atoms with Gasteiger partial charge in [-0.2, -0.15) is 0 Å². The van der Waals surface area contributed by atoms with Crippen molar-refractivity contribution in [2.45, 2.75) is 6.04 Å². The number of benzene rings is 2. The van der Waals surface area contributed by atoms with Gasteiger partial charge in [0, 0.05) is 11.8 Å². The topological polar surface area (TPSA) is 70.5 Å². The molecule has 0 radical (unpaired) electrons. The number of aromatic nitrogens is 1. The average Bonchev–Trinajstić information content (AvgIpc) is 3.00. The van der Waals surface area contributed by atoms with Gasteiger partial charge in [0.05, 0.1) is 23.5 Å². The quantitative estimate of drug-likeness (QED) is 0.430. The summed E-state index contributed by atoms with van der Waals surface area (Å²) in [6.07, 6.45) is 2.99. The van der Waals surface area contributed by atoms with Gasteiger partial charge < -0.3 is 5.11 Å². The predicted molar refractivity (Wildman–Crippen MR) is 102 cm³/mol. The van der Waals surface area contributed by atoms with E-state index in [1.807, 2.05) is 0 Å². The van der Waals surface area contributed by atoms with Crippen LogP contribution in [-0.2, 0) is 9.59 Å². The van der Waals surface area contributed by atoms with Gasteiger partial charge in [0.15, 0.2) is 0 Å². The molecule has 1 N–H and O–H groups in total. The first-order chi connectivity index (χ1) is 13.6. The minimum atomic E-state index is -0.972. The van der Waals surface area contributed by atoms with Crippen LogP contribution in [0.5, 0.6) is 0 Å². The lowest BCUT2D eigenvalue weighted by Gasteiger charge is -2.25. The van der Waals surface area contributed by atoms with E-state index in [1.54, 1.807) is 54.7 Å². The van der Waals surface area contributed by atoms with Gasteiger partial charge >= 0.3 is 0 Å². The Morgan fingerprint density at radius 1 is 1.00 bits per heavy atom. The molecule has 4 rings (SSSR count). The van der Waals surface area contributed by atoms with E-state index in [1.165, 1.54) is 29.3 Å². The van der Waals surface area contributed by atoms with Crippen molar-refractivity contribution in [2.24, 2.45) is 0 Å². The van der Waals surface area contributed by atoms with Crippen molar-refractivity contribution in [3.05, 3.63) is 102 Å². The highest BCUT2D eigenvalue weighted by Crippen LogP contribution is 2.41. The molecule has 1 saturated heterocycles. The summed E-state index contributed by atoms with van der Waals surface area (Å²) in [6, 6.07) is 16.4. The van der Waals surface area contributed by atoms with E-state index in [9.17, 15) is 19.1 Å². The Morgan fingerprint density at radius 3 is 2.46 bits per heavy atom. The van der Waals surface area contributed by atoms with Crippen LogP contribution in [0.15, 0.2) is 84.7 Å². The molecule has 1 amide bonds. The molecule has 3 aromatic rings. The minimum Gasteiger partial charge on any atom is -0.507 e. The number of aliphatic hydroxyl groups is 1. The van der Waals surface area contributed by atoms with Crippen molar-refractivity contribution in [3.63, 3.8) is 0 Å². The van der Waals surface area contributed by atoms with E-state index in [0.29, 0.717) is 16.8 Å². The zero-order chi connectivity index (χ0) is 19.7. The molecule has 1 atom stereocenters. The van der Waals surface area contributed by atoms with Crippen molar-refractivity contribution < 1.29 is 19.1 Å². The third-order valence-corrected chi connectivity index (χ3v) is 4.58. The second-order valence-corrected chi connectivity index (χ2v) is 6.30. The second kappa shape index (κ2) is 7.08. The van der Waals surface area contributed by atoms with Gasteiger partial charge in [-0.15, -0.1) is 0 Å². The SMILES string of the molecule is O=C1C(=O)N(c2cccnc2)[C@H](c2cccc(F)c2)C1=C(O)c1ccccc1. The molecular weight excluding hydrogens is 359 g/mol. The second-order valence-electron chi connectivity index (χ2n) is 6.30. The molecule has 6 heteroatoms. The number of hydrogen-bond donors (Lipinski definition) is 1. The van der Waals surface area contributed by atoms with Gasteiger partial charge in [-0.1, -0.05) is 42.5 Å². The Bertz CT molecular complexity index is 1080. The molecule has 0 bridgehead atoms. The van der Waals surface area contributed by atoms with Crippen LogP contribution in [0.25, 0.3) is 5.76 Å². The fourth-order valence-electron chi connectivity index (χ4n) is 3.34. The molecule has 0 aliphatic carbocycles. The van der Waals surface area contributed by atoms with Crippen LogP contribution in [0.2, 0.25) is 0 Å². The van der Waals surface area contributed by atoms with Crippen molar-refractivity contribution in [3.8, 4) is 0 Å². The minimum absolute atomic E-state index is 0.0920. The Balaban J connectivity index is 1.96. The van der Waals surface area contributed by atoms with E-state index >= 15 is 0 Å². The third-order valence-electron chi connectivity index (χ3n) is 4.58. The van der Waals surface area contributed by atoms with Crippen LogP contribution in [0.1, 0.15) is 17.2 Å². The number of rotatable bonds is 3. The summed E-state index contributed by atoms with van der Waals surface area (Å²) in [5, 5.41) is 10.8. The molecule has 1 aromatic heterocycles. The number of carbonyl (C=O) groups excluding carboxylic acids is 2. The van der Waals surface area contributed by atoms with Gasteiger partial charge in [0.25, 0.3) is 11.7 Å². The number of Topliss-reactive ketones (excluding diaryl/α,β-unsaturated/α-hetero) is 1. The van der Waals surface area contributed by atoms with E-state index in [4.69, 9.17) is 0 Å². The van der Waals surface area contributed by atoms with Crippen LogP contribution in [0.3, 0.4) is 0 Å². The molecule has 1 fully saturated rings. The highest BCUT2D eigenvalue weighted by Gasteiger charge is 2.47. The van der Waals surface area contributed by atoms with Gasteiger partial charge in [-0.3, -0.25) is 19.5 Å². The molecule has 0 spiro atoms. The lowest BCUT2D eigenvalue weighted by molar-refractivity contribution is -0.132. The number of halogens is 1. The Hall–Kier alpha value is -3.80. The summed E-state index contributed by atoms with van der Waals surface area (Å²) in [5.74, 6) is -2.45. The molecule has 5 nitrogen and oxygen atoms in total. The van der Waals surface area contributed by atoms with Crippen molar-refractivity contribution in [1.82, 2.24) is 4.98 Å². The molecule has 138 valence electrons. The molecular formula is C22H15FN2O3. The Kier molecular flexibility index (Phi) is 4.45. The summed E-state index contributed by atoms with van der Waals surface area (Å²) in [5.41, 5.74) is 1.06. The standard InChI is InChI=1S/C22H15FN2O3/c23-16-9-4-8-15(12-16)19-18(20(26)14-6-2-1-3-7-14)21(27)22(28)25(19)17-10-5-11-24-13-17/h1-13,19,26H/t19-/m1/s1. The van der Waals surface area contributed by atoms with Crippen LogP contribution >= 0.6 is 0 Å². The number of pyridine rings is 1.